The Kier molecular flexibility index (Phi) is 4.93. The number of rotatable bonds is 5. The topological polar surface area (TPSA) is 42.4 Å². The van der Waals surface area contributed by atoms with Gasteiger partial charge in [-0.1, -0.05) is 29.8 Å². The number of aliphatic hydroxyl groups excluding tert-OH is 1. The van der Waals surface area contributed by atoms with Crippen molar-refractivity contribution in [1.82, 2.24) is 4.98 Å². The highest BCUT2D eigenvalue weighted by Crippen LogP contribution is 2.20. The summed E-state index contributed by atoms with van der Waals surface area (Å²) in [7, 11) is 1.54. The highest BCUT2D eigenvalue weighted by Gasteiger charge is 2.12. The van der Waals surface area contributed by atoms with E-state index in [1.807, 2.05) is 6.07 Å². The van der Waals surface area contributed by atoms with Crippen molar-refractivity contribution in [3.63, 3.8) is 0 Å². The van der Waals surface area contributed by atoms with Gasteiger partial charge in [-0.3, -0.25) is 0 Å². The third-order valence-corrected chi connectivity index (χ3v) is 3.26. The van der Waals surface area contributed by atoms with E-state index in [4.69, 9.17) is 16.3 Å². The summed E-state index contributed by atoms with van der Waals surface area (Å²) in [5.41, 5.74) is 1.27. The lowest BCUT2D eigenvalue weighted by atomic mass is 10.0. The van der Waals surface area contributed by atoms with Gasteiger partial charge in [0, 0.05) is 25.1 Å². The van der Waals surface area contributed by atoms with E-state index in [1.165, 1.54) is 6.07 Å². The number of ether oxygens (including phenoxy) is 1. The van der Waals surface area contributed by atoms with E-state index in [0.717, 1.165) is 5.56 Å². The molecule has 106 valence electrons. The molecule has 0 bridgehead atoms. The molecule has 0 aliphatic heterocycles. The third kappa shape index (κ3) is 3.68. The van der Waals surface area contributed by atoms with Crippen molar-refractivity contribution in [3.05, 3.63) is 58.5 Å². The third-order valence-electron chi connectivity index (χ3n) is 2.97. The normalized spacial score (nSPS) is 12.2. The first kappa shape index (κ1) is 14.8. The van der Waals surface area contributed by atoms with Crippen LogP contribution in [0.25, 0.3) is 0 Å². The van der Waals surface area contributed by atoms with Crippen LogP contribution in [0.3, 0.4) is 0 Å². The van der Waals surface area contributed by atoms with Crippen molar-refractivity contribution >= 4 is 11.6 Å². The van der Waals surface area contributed by atoms with E-state index >= 15 is 0 Å². The van der Waals surface area contributed by atoms with Crippen LogP contribution in [0, 0.1) is 5.82 Å². The first-order chi connectivity index (χ1) is 9.60. The Morgan fingerprint density at radius 3 is 2.75 bits per heavy atom. The summed E-state index contributed by atoms with van der Waals surface area (Å²) in [6, 6.07) is 8.32. The van der Waals surface area contributed by atoms with Crippen molar-refractivity contribution in [1.29, 1.82) is 0 Å². The van der Waals surface area contributed by atoms with Crippen molar-refractivity contribution in [3.8, 4) is 5.88 Å². The first-order valence-corrected chi connectivity index (χ1v) is 6.58. The lowest BCUT2D eigenvalue weighted by molar-refractivity contribution is 0.174. The molecule has 0 amide bonds. The maximum atomic E-state index is 13.7. The number of hydrogen-bond acceptors (Lipinski definition) is 3. The standard InChI is InChI=1S/C15H15ClFNO2/c1-20-14-6-5-10(9-18-14)7-12(19)8-11-3-2-4-13(16)15(11)17/h2-6,9,12,19H,7-8H2,1H3. The van der Waals surface area contributed by atoms with Gasteiger partial charge >= 0.3 is 0 Å². The quantitative estimate of drug-likeness (QED) is 0.922. The number of halogens is 2. The average molecular weight is 296 g/mol. The van der Waals surface area contributed by atoms with Crippen molar-refractivity contribution in [2.75, 3.05) is 7.11 Å². The maximum Gasteiger partial charge on any atom is 0.212 e. The van der Waals surface area contributed by atoms with Gasteiger partial charge in [0.25, 0.3) is 0 Å². The molecule has 2 rings (SSSR count). The van der Waals surface area contributed by atoms with Gasteiger partial charge in [0.2, 0.25) is 5.88 Å². The molecule has 2 aromatic rings. The van der Waals surface area contributed by atoms with Crippen LogP contribution in [0.1, 0.15) is 11.1 Å². The molecule has 5 heteroatoms. The van der Waals surface area contributed by atoms with E-state index in [2.05, 4.69) is 4.98 Å². The molecule has 0 fully saturated rings. The summed E-state index contributed by atoms with van der Waals surface area (Å²) in [5, 5.41) is 10.1. The molecular formula is C15H15ClFNO2. The summed E-state index contributed by atoms with van der Waals surface area (Å²) in [6.07, 6.45) is 1.54. The Balaban J connectivity index is 2.01. The smallest absolute Gasteiger partial charge is 0.212 e. The Bertz CT molecular complexity index is 575. The van der Waals surface area contributed by atoms with E-state index in [-0.39, 0.29) is 11.4 Å². The fourth-order valence-electron chi connectivity index (χ4n) is 1.96. The van der Waals surface area contributed by atoms with Crippen molar-refractivity contribution in [2.24, 2.45) is 0 Å². The maximum absolute atomic E-state index is 13.7. The van der Waals surface area contributed by atoms with Gasteiger partial charge in [0.15, 0.2) is 0 Å². The van der Waals surface area contributed by atoms with Gasteiger partial charge < -0.3 is 9.84 Å². The molecule has 1 aromatic carbocycles. The minimum Gasteiger partial charge on any atom is -0.481 e. The van der Waals surface area contributed by atoms with E-state index in [1.54, 1.807) is 31.5 Å². The lowest BCUT2D eigenvalue weighted by Crippen LogP contribution is -2.15. The highest BCUT2D eigenvalue weighted by molar-refractivity contribution is 6.30. The molecule has 1 N–H and O–H groups in total. The van der Waals surface area contributed by atoms with Crippen LogP contribution in [-0.4, -0.2) is 23.3 Å². The van der Waals surface area contributed by atoms with Crippen molar-refractivity contribution < 1.29 is 14.2 Å². The number of hydrogen-bond donors (Lipinski definition) is 1. The number of benzene rings is 1. The zero-order valence-electron chi connectivity index (χ0n) is 11.0. The number of nitrogens with zero attached hydrogens (tertiary/aromatic N) is 1. The predicted octanol–water partition coefficient (Wildman–Crippen LogP) is 3.03. The molecule has 0 aliphatic rings. The Morgan fingerprint density at radius 2 is 2.10 bits per heavy atom. The van der Waals surface area contributed by atoms with Crippen LogP contribution < -0.4 is 4.74 Å². The average Bonchev–Trinajstić information content (AvgIpc) is 2.45. The Labute approximate surface area is 122 Å². The summed E-state index contributed by atoms with van der Waals surface area (Å²) in [6.45, 7) is 0. The second-order valence-electron chi connectivity index (χ2n) is 4.48. The summed E-state index contributed by atoms with van der Waals surface area (Å²) in [5.74, 6) is 0.0465. The number of aliphatic hydroxyl groups is 1. The van der Waals surface area contributed by atoms with Gasteiger partial charge in [0.1, 0.15) is 5.82 Å². The lowest BCUT2D eigenvalue weighted by Gasteiger charge is -2.12. The molecule has 0 spiro atoms. The SMILES string of the molecule is COc1ccc(CC(O)Cc2cccc(Cl)c2F)cn1. The van der Waals surface area contributed by atoms with Crippen LogP contribution in [0.5, 0.6) is 5.88 Å². The molecule has 3 nitrogen and oxygen atoms in total. The Hall–Kier alpha value is -1.65. The first-order valence-electron chi connectivity index (χ1n) is 6.20. The highest BCUT2D eigenvalue weighted by atomic mass is 35.5. The Morgan fingerprint density at radius 1 is 1.30 bits per heavy atom. The number of methoxy groups -OCH3 is 1. The summed E-state index contributed by atoms with van der Waals surface area (Å²) in [4.78, 5) is 4.06. The van der Waals surface area contributed by atoms with Gasteiger partial charge in [-0.25, -0.2) is 9.37 Å². The molecule has 0 saturated heterocycles. The molecule has 20 heavy (non-hydrogen) atoms. The second kappa shape index (κ2) is 6.68. The van der Waals surface area contributed by atoms with Crippen LogP contribution in [-0.2, 0) is 12.8 Å². The van der Waals surface area contributed by atoms with Gasteiger partial charge in [-0.05, 0) is 17.2 Å². The van der Waals surface area contributed by atoms with E-state index in [9.17, 15) is 9.50 Å². The van der Waals surface area contributed by atoms with Gasteiger partial charge in [0.05, 0.1) is 18.2 Å². The molecule has 1 heterocycles. The minimum absolute atomic E-state index is 0.0702. The van der Waals surface area contributed by atoms with E-state index < -0.39 is 11.9 Å². The molecular weight excluding hydrogens is 281 g/mol. The van der Waals surface area contributed by atoms with Gasteiger partial charge in [-0.2, -0.15) is 0 Å². The minimum atomic E-state index is -0.696. The van der Waals surface area contributed by atoms with Gasteiger partial charge in [-0.15, -0.1) is 0 Å². The zero-order chi connectivity index (χ0) is 14.5. The molecule has 0 aliphatic carbocycles. The molecule has 0 saturated carbocycles. The van der Waals surface area contributed by atoms with Crippen LogP contribution in [0.2, 0.25) is 5.02 Å². The number of aromatic nitrogens is 1. The van der Waals surface area contributed by atoms with Crippen LogP contribution in [0.4, 0.5) is 4.39 Å². The molecule has 1 unspecified atom stereocenters. The molecule has 0 radical (unpaired) electrons. The van der Waals surface area contributed by atoms with Crippen molar-refractivity contribution in [2.45, 2.75) is 18.9 Å². The summed E-state index contributed by atoms with van der Waals surface area (Å²) >= 11 is 5.71. The monoisotopic (exact) mass is 295 g/mol. The zero-order valence-corrected chi connectivity index (χ0v) is 11.8. The van der Waals surface area contributed by atoms with Crippen LogP contribution in [0.15, 0.2) is 36.5 Å². The van der Waals surface area contributed by atoms with Crippen LogP contribution >= 0.6 is 11.6 Å². The van der Waals surface area contributed by atoms with E-state index in [0.29, 0.717) is 17.9 Å². The molecule has 1 aromatic heterocycles. The molecule has 1 atom stereocenters. The fraction of sp³-hybridized carbons (Fsp3) is 0.267. The fourth-order valence-corrected chi connectivity index (χ4v) is 2.15. The summed E-state index contributed by atoms with van der Waals surface area (Å²) < 4.78 is 18.7. The number of pyridine rings is 1. The predicted molar refractivity (Wildman–Crippen MR) is 75.6 cm³/mol. The second-order valence-corrected chi connectivity index (χ2v) is 4.89. The largest absolute Gasteiger partial charge is 0.481 e.